The Bertz CT molecular complexity index is 830. The lowest BCUT2D eigenvalue weighted by Gasteiger charge is -2.35. The van der Waals surface area contributed by atoms with Crippen LogP contribution in [0.25, 0.3) is 0 Å². The molecular weight excluding hydrogens is 382 g/mol. The lowest BCUT2D eigenvalue weighted by atomic mass is 10.1. The van der Waals surface area contributed by atoms with Crippen molar-refractivity contribution in [3.8, 4) is 0 Å². The van der Waals surface area contributed by atoms with Crippen molar-refractivity contribution < 1.29 is 18.8 Å². The lowest BCUT2D eigenvalue weighted by molar-refractivity contribution is -0.132. The number of benzene rings is 1. The molecule has 3 rings (SSSR count). The Hall–Kier alpha value is -2.80. The highest BCUT2D eigenvalue weighted by Gasteiger charge is 2.24. The van der Waals surface area contributed by atoms with Crippen molar-refractivity contribution >= 4 is 29.3 Å². The number of piperazine rings is 1. The Morgan fingerprint density at radius 3 is 2.46 bits per heavy atom. The molecule has 1 aromatic carbocycles. The van der Waals surface area contributed by atoms with Gasteiger partial charge in [0.2, 0.25) is 5.91 Å². The summed E-state index contributed by atoms with van der Waals surface area (Å²) in [7, 11) is 0. The lowest BCUT2D eigenvalue weighted by Crippen LogP contribution is -2.50. The zero-order chi connectivity index (χ0) is 19.9. The van der Waals surface area contributed by atoms with Crippen molar-refractivity contribution in [2.45, 2.75) is 12.8 Å². The van der Waals surface area contributed by atoms with Gasteiger partial charge in [0.05, 0.1) is 6.26 Å². The standard InChI is InChI=1S/C20H22ClN3O4/c21-16-5-1-4-15(14-16)20(27)24-11-9-23(10-12-24)18(25)7-2-8-22-19(26)17-6-3-13-28-17/h1,3-6,13-14H,2,7-12H2,(H,22,26). The molecule has 2 heterocycles. The van der Waals surface area contributed by atoms with E-state index in [0.29, 0.717) is 56.2 Å². The summed E-state index contributed by atoms with van der Waals surface area (Å²) in [6.45, 7) is 2.39. The molecule has 1 aliphatic rings. The minimum Gasteiger partial charge on any atom is -0.459 e. The Labute approximate surface area is 168 Å². The number of nitrogens with zero attached hydrogens (tertiary/aromatic N) is 2. The molecule has 1 aromatic heterocycles. The van der Waals surface area contributed by atoms with Crippen LogP contribution in [-0.4, -0.2) is 60.2 Å². The van der Waals surface area contributed by atoms with Crippen molar-refractivity contribution in [2.24, 2.45) is 0 Å². The zero-order valence-electron chi connectivity index (χ0n) is 15.4. The molecule has 1 fully saturated rings. The minimum absolute atomic E-state index is 0.0297. The molecule has 0 spiro atoms. The summed E-state index contributed by atoms with van der Waals surface area (Å²) < 4.78 is 5.01. The predicted molar refractivity (Wildman–Crippen MR) is 104 cm³/mol. The molecule has 1 saturated heterocycles. The van der Waals surface area contributed by atoms with Gasteiger partial charge in [-0.2, -0.15) is 0 Å². The second-order valence-corrected chi connectivity index (χ2v) is 6.96. The van der Waals surface area contributed by atoms with E-state index in [9.17, 15) is 14.4 Å². The third kappa shape index (κ3) is 5.13. The van der Waals surface area contributed by atoms with Crippen molar-refractivity contribution in [2.75, 3.05) is 32.7 Å². The smallest absolute Gasteiger partial charge is 0.286 e. The van der Waals surface area contributed by atoms with E-state index in [4.69, 9.17) is 16.0 Å². The Kier molecular flexibility index (Phi) is 6.71. The average Bonchev–Trinajstić information content (AvgIpc) is 3.25. The number of halogens is 1. The van der Waals surface area contributed by atoms with Crippen LogP contribution in [0.1, 0.15) is 33.8 Å². The second-order valence-electron chi connectivity index (χ2n) is 6.52. The van der Waals surface area contributed by atoms with Crippen LogP contribution in [0.2, 0.25) is 5.02 Å². The Morgan fingerprint density at radius 2 is 1.79 bits per heavy atom. The van der Waals surface area contributed by atoms with E-state index >= 15 is 0 Å². The van der Waals surface area contributed by atoms with E-state index < -0.39 is 0 Å². The van der Waals surface area contributed by atoms with Gasteiger partial charge >= 0.3 is 0 Å². The molecule has 0 radical (unpaired) electrons. The third-order valence-electron chi connectivity index (χ3n) is 4.59. The Balaban J connectivity index is 1.38. The highest BCUT2D eigenvalue weighted by atomic mass is 35.5. The molecule has 1 N–H and O–H groups in total. The van der Waals surface area contributed by atoms with Crippen LogP contribution in [0.3, 0.4) is 0 Å². The number of carbonyl (C=O) groups is 3. The van der Waals surface area contributed by atoms with E-state index in [1.807, 2.05) is 0 Å². The summed E-state index contributed by atoms with van der Waals surface area (Å²) in [5, 5.41) is 3.25. The molecule has 7 nitrogen and oxygen atoms in total. The maximum absolute atomic E-state index is 12.5. The van der Waals surface area contributed by atoms with Crippen molar-refractivity contribution in [1.29, 1.82) is 0 Å². The van der Waals surface area contributed by atoms with Crippen molar-refractivity contribution in [3.05, 3.63) is 59.0 Å². The van der Waals surface area contributed by atoms with E-state index in [2.05, 4.69) is 5.32 Å². The molecule has 8 heteroatoms. The van der Waals surface area contributed by atoms with Gasteiger partial charge in [-0.25, -0.2) is 0 Å². The van der Waals surface area contributed by atoms with Gasteiger partial charge in [-0.15, -0.1) is 0 Å². The topological polar surface area (TPSA) is 82.9 Å². The van der Waals surface area contributed by atoms with E-state index in [1.165, 1.54) is 6.26 Å². The van der Waals surface area contributed by atoms with Gasteiger partial charge in [0, 0.05) is 49.7 Å². The fraction of sp³-hybridized carbons (Fsp3) is 0.350. The second kappa shape index (κ2) is 9.41. The molecule has 0 unspecified atom stereocenters. The third-order valence-corrected chi connectivity index (χ3v) is 4.82. The SMILES string of the molecule is O=C(NCCCC(=O)N1CCN(C(=O)c2cccc(Cl)c2)CC1)c1ccco1. The first-order chi connectivity index (χ1) is 13.5. The van der Waals surface area contributed by atoms with Crippen LogP contribution in [0.4, 0.5) is 0 Å². The summed E-state index contributed by atoms with van der Waals surface area (Å²) in [6, 6.07) is 10.1. The summed E-state index contributed by atoms with van der Waals surface area (Å²) in [4.78, 5) is 40.1. The van der Waals surface area contributed by atoms with Crippen LogP contribution in [0, 0.1) is 0 Å². The largest absolute Gasteiger partial charge is 0.459 e. The molecule has 28 heavy (non-hydrogen) atoms. The van der Waals surface area contributed by atoms with Crippen LogP contribution in [0.15, 0.2) is 47.1 Å². The number of hydrogen-bond donors (Lipinski definition) is 1. The van der Waals surface area contributed by atoms with Gasteiger partial charge in [-0.05, 0) is 36.8 Å². The molecule has 148 valence electrons. The number of amides is 3. The van der Waals surface area contributed by atoms with Gasteiger partial charge < -0.3 is 19.5 Å². The van der Waals surface area contributed by atoms with Crippen molar-refractivity contribution in [3.63, 3.8) is 0 Å². The maximum atomic E-state index is 12.5. The van der Waals surface area contributed by atoms with E-state index in [1.54, 1.807) is 46.2 Å². The maximum Gasteiger partial charge on any atom is 0.286 e. The predicted octanol–water partition coefficient (Wildman–Crippen LogP) is 2.43. The molecule has 0 atom stereocenters. The summed E-state index contributed by atoms with van der Waals surface area (Å²) in [6.07, 6.45) is 2.34. The van der Waals surface area contributed by atoms with Crippen LogP contribution >= 0.6 is 11.6 Å². The zero-order valence-corrected chi connectivity index (χ0v) is 16.2. The van der Waals surface area contributed by atoms with E-state index in [-0.39, 0.29) is 23.5 Å². The first-order valence-corrected chi connectivity index (χ1v) is 9.57. The number of hydrogen-bond acceptors (Lipinski definition) is 4. The normalized spacial score (nSPS) is 14.0. The first-order valence-electron chi connectivity index (χ1n) is 9.19. The summed E-state index contributed by atoms with van der Waals surface area (Å²) >= 11 is 5.95. The summed E-state index contributed by atoms with van der Waals surface area (Å²) in [5.41, 5.74) is 0.555. The monoisotopic (exact) mass is 403 g/mol. The fourth-order valence-electron chi connectivity index (χ4n) is 3.06. The van der Waals surface area contributed by atoms with Crippen LogP contribution < -0.4 is 5.32 Å². The number of nitrogens with one attached hydrogen (secondary N) is 1. The molecule has 1 aliphatic heterocycles. The molecule has 0 bridgehead atoms. The number of carbonyl (C=O) groups excluding carboxylic acids is 3. The van der Waals surface area contributed by atoms with E-state index in [0.717, 1.165) is 0 Å². The molecule has 3 amide bonds. The average molecular weight is 404 g/mol. The van der Waals surface area contributed by atoms with Gasteiger partial charge in [0.15, 0.2) is 5.76 Å². The highest BCUT2D eigenvalue weighted by Crippen LogP contribution is 2.14. The fourth-order valence-corrected chi connectivity index (χ4v) is 3.25. The van der Waals surface area contributed by atoms with Gasteiger partial charge in [-0.3, -0.25) is 14.4 Å². The molecule has 0 aliphatic carbocycles. The highest BCUT2D eigenvalue weighted by molar-refractivity contribution is 6.30. The summed E-state index contributed by atoms with van der Waals surface area (Å²) in [5.74, 6) is -0.0743. The van der Waals surface area contributed by atoms with Crippen LogP contribution in [0.5, 0.6) is 0 Å². The number of furan rings is 1. The molecular formula is C20H22ClN3O4. The van der Waals surface area contributed by atoms with Crippen LogP contribution in [-0.2, 0) is 4.79 Å². The molecule has 0 saturated carbocycles. The van der Waals surface area contributed by atoms with Gasteiger partial charge in [0.1, 0.15) is 0 Å². The Morgan fingerprint density at radius 1 is 1.04 bits per heavy atom. The minimum atomic E-state index is -0.286. The molecule has 2 aromatic rings. The van der Waals surface area contributed by atoms with Crippen molar-refractivity contribution in [1.82, 2.24) is 15.1 Å². The van der Waals surface area contributed by atoms with Gasteiger partial charge in [0.25, 0.3) is 11.8 Å². The van der Waals surface area contributed by atoms with Gasteiger partial charge in [-0.1, -0.05) is 17.7 Å². The quantitative estimate of drug-likeness (QED) is 0.751. The first kappa shape index (κ1) is 19.9. The number of rotatable bonds is 6.